The average Bonchev–Trinajstić information content (AvgIpc) is 3.39. The lowest BCUT2D eigenvalue weighted by atomic mass is 9.58. The quantitative estimate of drug-likeness (QED) is 0.141. The summed E-state index contributed by atoms with van der Waals surface area (Å²) in [5.74, 6) is 0.260. The molecule has 1 aliphatic carbocycles. The van der Waals surface area contributed by atoms with Crippen LogP contribution in [0.15, 0.2) is 72.6 Å². The van der Waals surface area contributed by atoms with Gasteiger partial charge >= 0.3 is 13.7 Å². The second-order valence-corrected chi connectivity index (χ2v) is 16.4. The van der Waals surface area contributed by atoms with Crippen LogP contribution >= 0.6 is 7.60 Å². The number of hydrogen-bond acceptors (Lipinski definition) is 11. The predicted octanol–water partition coefficient (Wildman–Crippen LogP) is 7.14. The van der Waals surface area contributed by atoms with Gasteiger partial charge in [0.1, 0.15) is 12.6 Å². The van der Waals surface area contributed by atoms with E-state index in [4.69, 9.17) is 37.8 Å². The molecule has 1 unspecified atom stereocenters. The van der Waals surface area contributed by atoms with E-state index in [1.54, 1.807) is 19.9 Å². The van der Waals surface area contributed by atoms with Crippen LogP contribution in [-0.4, -0.2) is 61.8 Å². The Balaban J connectivity index is 1.22. The van der Waals surface area contributed by atoms with E-state index in [0.29, 0.717) is 17.9 Å². The molecule has 2 aromatic rings. The molecule has 14 heteroatoms. The minimum Gasteiger partial charge on any atom is -0.445 e. The largest absolute Gasteiger partial charge is 0.445 e. The van der Waals surface area contributed by atoms with Gasteiger partial charge in [-0.25, -0.2) is 14.6 Å². The summed E-state index contributed by atoms with van der Waals surface area (Å²) in [5, 5.41) is 5.68. The predicted molar refractivity (Wildman–Crippen MR) is 194 cm³/mol. The van der Waals surface area contributed by atoms with Crippen molar-refractivity contribution in [1.29, 1.82) is 0 Å². The molecule has 4 heterocycles. The van der Waals surface area contributed by atoms with E-state index >= 15 is 0 Å². The third kappa shape index (κ3) is 8.89. The number of ether oxygens (including phenoxy) is 4. The molecule has 2 N–H and O–H groups in total. The Morgan fingerprint density at radius 2 is 1.64 bits per heavy atom. The third-order valence-electron chi connectivity index (χ3n) is 10.9. The molecule has 290 valence electrons. The number of amides is 2. The first-order chi connectivity index (χ1) is 25.5. The number of carbonyl (C=O) groups is 2. The van der Waals surface area contributed by atoms with Gasteiger partial charge in [-0.2, -0.15) is 0 Å². The minimum atomic E-state index is -3.59. The van der Waals surface area contributed by atoms with Gasteiger partial charge in [0.2, 0.25) is 11.7 Å². The van der Waals surface area contributed by atoms with Gasteiger partial charge in [0, 0.05) is 24.1 Å². The molecular weight excluding hydrogens is 703 g/mol. The van der Waals surface area contributed by atoms with Crippen molar-refractivity contribution >= 4 is 19.6 Å². The average molecular weight is 757 g/mol. The van der Waals surface area contributed by atoms with Gasteiger partial charge in [-0.1, -0.05) is 74.5 Å². The van der Waals surface area contributed by atoms with Crippen LogP contribution in [0.3, 0.4) is 0 Å². The van der Waals surface area contributed by atoms with E-state index < -0.39 is 55.6 Å². The van der Waals surface area contributed by atoms with Crippen molar-refractivity contribution in [3.63, 3.8) is 0 Å². The Hall–Kier alpha value is -3.13. The van der Waals surface area contributed by atoms with Crippen LogP contribution in [0, 0.1) is 23.7 Å². The molecule has 7 rings (SSSR count). The van der Waals surface area contributed by atoms with Gasteiger partial charge in [-0.3, -0.25) is 9.36 Å². The summed E-state index contributed by atoms with van der Waals surface area (Å²) in [5.41, 5.74) is 0.717. The van der Waals surface area contributed by atoms with Crippen molar-refractivity contribution in [2.45, 2.75) is 103 Å². The lowest BCUT2D eigenvalue weighted by Gasteiger charge is -2.60. The summed E-state index contributed by atoms with van der Waals surface area (Å²) in [6, 6.07) is 16.4. The molecule has 2 bridgehead atoms. The maximum Gasteiger partial charge on any atom is 0.408 e. The van der Waals surface area contributed by atoms with Crippen LogP contribution in [0.2, 0.25) is 0 Å². The van der Waals surface area contributed by atoms with Crippen LogP contribution in [-0.2, 0) is 53.7 Å². The molecule has 10 atom stereocenters. The van der Waals surface area contributed by atoms with Gasteiger partial charge in [-0.15, -0.1) is 0 Å². The number of benzene rings is 2. The van der Waals surface area contributed by atoms with Crippen LogP contribution in [0.4, 0.5) is 4.79 Å². The third-order valence-corrected chi connectivity index (χ3v) is 12.7. The first kappa shape index (κ1) is 39.6. The van der Waals surface area contributed by atoms with E-state index in [9.17, 15) is 14.2 Å². The first-order valence-corrected chi connectivity index (χ1v) is 20.3. The van der Waals surface area contributed by atoms with Crippen LogP contribution < -0.4 is 10.6 Å². The number of hydrogen-bond donors (Lipinski definition) is 2. The zero-order valence-corrected chi connectivity index (χ0v) is 32.0. The maximum absolute atomic E-state index is 14.2. The Morgan fingerprint density at radius 3 is 2.34 bits per heavy atom. The highest BCUT2D eigenvalue weighted by molar-refractivity contribution is 7.57. The molecule has 2 aromatic carbocycles. The van der Waals surface area contributed by atoms with Crippen molar-refractivity contribution < 1.29 is 51.9 Å². The van der Waals surface area contributed by atoms with E-state index in [2.05, 4.69) is 24.5 Å². The summed E-state index contributed by atoms with van der Waals surface area (Å²) in [6.07, 6.45) is 2.71. The summed E-state index contributed by atoms with van der Waals surface area (Å²) >= 11 is 0. The summed E-state index contributed by atoms with van der Waals surface area (Å²) in [4.78, 5) is 39.6. The van der Waals surface area contributed by atoms with Gasteiger partial charge in [0.15, 0.2) is 18.2 Å². The smallest absolute Gasteiger partial charge is 0.408 e. The second kappa shape index (κ2) is 17.1. The minimum absolute atomic E-state index is 0.00476. The molecule has 2 amide bonds. The van der Waals surface area contributed by atoms with Crippen molar-refractivity contribution in [3.05, 3.63) is 83.7 Å². The van der Waals surface area contributed by atoms with Gasteiger partial charge in [0.25, 0.3) is 0 Å². The van der Waals surface area contributed by atoms with E-state index in [-0.39, 0.29) is 44.2 Å². The molecule has 53 heavy (non-hydrogen) atoms. The van der Waals surface area contributed by atoms with Crippen LogP contribution in [0.1, 0.15) is 77.5 Å². The highest BCUT2D eigenvalue weighted by atomic mass is 31.2. The number of carbonyl (C=O) groups excluding carboxylic acids is 2. The van der Waals surface area contributed by atoms with Gasteiger partial charge in [-0.05, 0) is 69.1 Å². The molecule has 13 nitrogen and oxygen atoms in total. The maximum atomic E-state index is 14.2. The van der Waals surface area contributed by atoms with Crippen molar-refractivity contribution in [2.24, 2.45) is 23.7 Å². The fraction of sp³-hybridized carbons (Fsp3) is 0.590. The summed E-state index contributed by atoms with van der Waals surface area (Å²) < 4.78 is 49.2. The molecule has 0 aromatic heterocycles. The number of nitrogens with one attached hydrogen (secondary N) is 2. The van der Waals surface area contributed by atoms with Crippen molar-refractivity contribution in [3.8, 4) is 0 Å². The standard InChI is InChI=1S/C39H53N2O11P/c1-6-47-53(44,48-7-2)23-21-32(29-16-12-9-13-17-29)40-34(42)33(41-37(43)46-24-28-14-10-8-11-15-28)25-45-35-27(4)31-19-18-26(3)30-20-22-38(5)50-36(49-35)39(30,31)52-51-38/h8-17,21,23,26-27,30-33,35-36H,6-7,18-20,22,24-25H2,1-5H3,(H,40,42)(H,41,43)/b23-21+/t26-,27-,30+,31+,32?,33+,35+,36-,38-,39-/m1/s1. The van der Waals surface area contributed by atoms with E-state index in [0.717, 1.165) is 24.8 Å². The topological polar surface area (TPSA) is 149 Å². The lowest BCUT2D eigenvalue weighted by Crippen LogP contribution is -2.70. The van der Waals surface area contributed by atoms with E-state index in [1.807, 2.05) is 67.6 Å². The summed E-state index contributed by atoms with van der Waals surface area (Å²) in [7, 11) is -3.59. The first-order valence-electron chi connectivity index (χ1n) is 18.7. The van der Waals surface area contributed by atoms with Gasteiger partial charge in [0.05, 0.1) is 25.9 Å². The molecular formula is C39H53N2O11P. The normalized spacial score (nSPS) is 31.9. The number of rotatable bonds is 15. The molecule has 4 aliphatic heterocycles. The Kier molecular flexibility index (Phi) is 12.8. The van der Waals surface area contributed by atoms with Crippen LogP contribution in [0.5, 0.6) is 0 Å². The number of alkyl carbamates (subject to hydrolysis) is 1. The lowest BCUT2D eigenvalue weighted by molar-refractivity contribution is -0.577. The monoisotopic (exact) mass is 756 g/mol. The number of fused-ring (bicyclic) bond motifs is 2. The molecule has 5 fully saturated rings. The van der Waals surface area contributed by atoms with Gasteiger partial charge < -0.3 is 38.6 Å². The van der Waals surface area contributed by atoms with Crippen molar-refractivity contribution in [2.75, 3.05) is 19.8 Å². The molecule has 0 radical (unpaired) electrons. The second-order valence-electron chi connectivity index (χ2n) is 14.5. The fourth-order valence-corrected chi connectivity index (χ4v) is 9.52. The Morgan fingerprint density at radius 1 is 0.943 bits per heavy atom. The fourth-order valence-electron chi connectivity index (χ4n) is 8.18. The molecule has 4 saturated heterocycles. The molecule has 1 saturated carbocycles. The zero-order chi connectivity index (χ0) is 37.6. The highest BCUT2D eigenvalue weighted by Gasteiger charge is 2.69. The Labute approximate surface area is 311 Å². The highest BCUT2D eigenvalue weighted by Crippen LogP contribution is 2.60. The van der Waals surface area contributed by atoms with Crippen molar-refractivity contribution in [1.82, 2.24) is 10.6 Å². The zero-order valence-electron chi connectivity index (χ0n) is 31.1. The SMILES string of the molecule is CCOP(=O)(/C=C/C(NC(=O)[C@H](CO[C@H]1O[C@@H]2O[C@@]3(C)CC[C@H]4[C@H](C)CC[C@@H]([C@H]1C)[C@@]24OO3)NC(=O)OCc1ccccc1)c1ccccc1)OCC. The van der Waals surface area contributed by atoms with E-state index in [1.165, 1.54) is 5.82 Å². The molecule has 1 spiro atoms. The van der Waals surface area contributed by atoms with Crippen LogP contribution in [0.25, 0.3) is 0 Å². The molecule has 5 aliphatic rings. The summed E-state index contributed by atoms with van der Waals surface area (Å²) in [6.45, 7) is 9.71. The Bertz CT molecular complexity index is 1600.